The SMILES string of the molecule is O=C(CSc1nccn1Cc1ccccn1)N1CCN(Cc2ccsc2)CC1. The number of piperazine rings is 1. The smallest absolute Gasteiger partial charge is 0.233 e. The Morgan fingerprint density at radius 2 is 1.96 bits per heavy atom. The summed E-state index contributed by atoms with van der Waals surface area (Å²) in [5, 5.41) is 5.17. The maximum Gasteiger partial charge on any atom is 0.233 e. The molecule has 6 nitrogen and oxygen atoms in total. The number of imidazole rings is 1. The first-order valence-corrected chi connectivity index (χ1v) is 11.3. The molecule has 0 unspecified atom stereocenters. The zero-order valence-corrected chi connectivity index (χ0v) is 17.2. The van der Waals surface area contributed by atoms with E-state index in [1.807, 2.05) is 33.9 Å². The second-order valence-corrected chi connectivity index (χ2v) is 8.46. The molecule has 4 heterocycles. The lowest BCUT2D eigenvalue weighted by Crippen LogP contribution is -2.48. The zero-order valence-electron chi connectivity index (χ0n) is 15.6. The van der Waals surface area contributed by atoms with Gasteiger partial charge in [0.15, 0.2) is 5.16 Å². The van der Waals surface area contributed by atoms with Gasteiger partial charge in [-0.05, 0) is 34.5 Å². The van der Waals surface area contributed by atoms with Crippen LogP contribution in [0.15, 0.2) is 58.8 Å². The van der Waals surface area contributed by atoms with Crippen LogP contribution in [0.4, 0.5) is 0 Å². The lowest BCUT2D eigenvalue weighted by atomic mass is 10.2. The molecule has 146 valence electrons. The van der Waals surface area contributed by atoms with E-state index in [0.29, 0.717) is 12.3 Å². The number of amides is 1. The van der Waals surface area contributed by atoms with Gasteiger partial charge in [0.2, 0.25) is 5.91 Å². The van der Waals surface area contributed by atoms with Crippen molar-refractivity contribution in [3.8, 4) is 0 Å². The average Bonchev–Trinajstić information content (AvgIpc) is 3.40. The lowest BCUT2D eigenvalue weighted by molar-refractivity contribution is -0.130. The van der Waals surface area contributed by atoms with E-state index in [2.05, 4.69) is 31.7 Å². The molecule has 1 amide bonds. The van der Waals surface area contributed by atoms with E-state index in [9.17, 15) is 4.79 Å². The normalized spacial score (nSPS) is 15.1. The minimum absolute atomic E-state index is 0.188. The number of thiophene rings is 1. The van der Waals surface area contributed by atoms with E-state index >= 15 is 0 Å². The van der Waals surface area contributed by atoms with Crippen molar-refractivity contribution in [3.05, 3.63) is 64.9 Å². The number of carbonyl (C=O) groups is 1. The van der Waals surface area contributed by atoms with Crippen LogP contribution in [0.2, 0.25) is 0 Å². The van der Waals surface area contributed by atoms with Gasteiger partial charge in [-0.15, -0.1) is 0 Å². The van der Waals surface area contributed by atoms with Crippen LogP contribution in [0, 0.1) is 0 Å². The summed E-state index contributed by atoms with van der Waals surface area (Å²) in [6.45, 7) is 5.10. The summed E-state index contributed by atoms with van der Waals surface area (Å²) >= 11 is 3.23. The Morgan fingerprint density at radius 1 is 1.07 bits per heavy atom. The summed E-state index contributed by atoms with van der Waals surface area (Å²) < 4.78 is 2.04. The van der Waals surface area contributed by atoms with E-state index < -0.39 is 0 Å². The molecule has 3 aromatic heterocycles. The van der Waals surface area contributed by atoms with Crippen molar-refractivity contribution >= 4 is 29.0 Å². The van der Waals surface area contributed by atoms with Gasteiger partial charge < -0.3 is 9.47 Å². The Labute approximate surface area is 173 Å². The second-order valence-electron chi connectivity index (χ2n) is 6.74. The third kappa shape index (κ3) is 5.01. The lowest BCUT2D eigenvalue weighted by Gasteiger charge is -2.34. The van der Waals surface area contributed by atoms with Crippen LogP contribution in [0.25, 0.3) is 0 Å². The van der Waals surface area contributed by atoms with Gasteiger partial charge in [0, 0.05) is 51.3 Å². The first-order chi connectivity index (χ1) is 13.8. The first-order valence-electron chi connectivity index (χ1n) is 9.33. The first kappa shape index (κ1) is 19.2. The molecule has 8 heteroatoms. The molecule has 0 atom stereocenters. The van der Waals surface area contributed by atoms with Crippen molar-refractivity contribution in [1.29, 1.82) is 0 Å². The number of rotatable bonds is 7. The van der Waals surface area contributed by atoms with Crippen LogP contribution in [0.1, 0.15) is 11.3 Å². The van der Waals surface area contributed by atoms with Gasteiger partial charge in [-0.25, -0.2) is 4.98 Å². The predicted octanol–water partition coefficient (Wildman–Crippen LogP) is 2.82. The van der Waals surface area contributed by atoms with Gasteiger partial charge in [-0.1, -0.05) is 17.8 Å². The van der Waals surface area contributed by atoms with Gasteiger partial charge in [-0.3, -0.25) is 14.7 Å². The molecule has 28 heavy (non-hydrogen) atoms. The summed E-state index contributed by atoms with van der Waals surface area (Å²) in [5.74, 6) is 0.608. The Balaban J connectivity index is 1.25. The minimum Gasteiger partial charge on any atom is -0.339 e. The fourth-order valence-electron chi connectivity index (χ4n) is 3.24. The summed E-state index contributed by atoms with van der Waals surface area (Å²) in [5.41, 5.74) is 2.34. The highest BCUT2D eigenvalue weighted by molar-refractivity contribution is 7.99. The molecule has 0 N–H and O–H groups in total. The van der Waals surface area contributed by atoms with Crippen molar-refractivity contribution in [2.24, 2.45) is 0 Å². The third-order valence-corrected chi connectivity index (χ3v) is 6.49. The topological polar surface area (TPSA) is 54.3 Å². The summed E-state index contributed by atoms with van der Waals surface area (Å²) in [6.07, 6.45) is 5.50. The standard InChI is InChI=1S/C20H23N5OS2/c26-19(24-10-8-23(9-11-24)13-17-4-12-27-15-17)16-28-20-22-6-7-25(20)14-18-3-1-2-5-21-18/h1-7,12,15H,8-11,13-14,16H2. The molecule has 1 aliphatic rings. The van der Waals surface area contributed by atoms with Crippen LogP contribution in [0.3, 0.4) is 0 Å². The van der Waals surface area contributed by atoms with Gasteiger partial charge in [0.1, 0.15) is 0 Å². The number of nitrogens with zero attached hydrogens (tertiary/aromatic N) is 5. The number of pyridine rings is 1. The molecule has 0 aromatic carbocycles. The molecule has 1 fully saturated rings. The predicted molar refractivity (Wildman–Crippen MR) is 112 cm³/mol. The van der Waals surface area contributed by atoms with Crippen molar-refractivity contribution < 1.29 is 4.79 Å². The van der Waals surface area contributed by atoms with Crippen molar-refractivity contribution in [3.63, 3.8) is 0 Å². The van der Waals surface area contributed by atoms with Crippen molar-refractivity contribution in [2.75, 3.05) is 31.9 Å². The minimum atomic E-state index is 0.188. The fraction of sp³-hybridized carbons (Fsp3) is 0.350. The third-order valence-electron chi connectivity index (χ3n) is 4.77. The summed E-state index contributed by atoms with van der Waals surface area (Å²) in [7, 11) is 0. The molecule has 0 aliphatic carbocycles. The van der Waals surface area contributed by atoms with Crippen LogP contribution in [-0.2, 0) is 17.9 Å². The number of hydrogen-bond donors (Lipinski definition) is 0. The highest BCUT2D eigenvalue weighted by atomic mass is 32.2. The van der Waals surface area contributed by atoms with Crippen LogP contribution in [0.5, 0.6) is 0 Å². The largest absolute Gasteiger partial charge is 0.339 e. The van der Waals surface area contributed by atoms with Crippen LogP contribution < -0.4 is 0 Å². The van der Waals surface area contributed by atoms with E-state index in [4.69, 9.17) is 0 Å². The monoisotopic (exact) mass is 413 g/mol. The quantitative estimate of drug-likeness (QED) is 0.558. The summed E-state index contributed by atoms with van der Waals surface area (Å²) in [4.78, 5) is 25.8. The molecule has 0 bridgehead atoms. The number of thioether (sulfide) groups is 1. The Kier molecular flexibility index (Phi) is 6.41. The number of aromatic nitrogens is 3. The second kappa shape index (κ2) is 9.36. The number of carbonyl (C=O) groups excluding carboxylic acids is 1. The van der Waals surface area contributed by atoms with E-state index in [-0.39, 0.29) is 5.91 Å². The van der Waals surface area contributed by atoms with Gasteiger partial charge in [-0.2, -0.15) is 11.3 Å². The zero-order chi connectivity index (χ0) is 19.2. The Bertz CT molecular complexity index is 873. The van der Waals surface area contributed by atoms with Crippen molar-refractivity contribution in [1.82, 2.24) is 24.3 Å². The highest BCUT2D eigenvalue weighted by Crippen LogP contribution is 2.18. The summed E-state index contributed by atoms with van der Waals surface area (Å²) in [6, 6.07) is 8.06. The van der Waals surface area contributed by atoms with Gasteiger partial charge in [0.25, 0.3) is 0 Å². The van der Waals surface area contributed by atoms with Crippen LogP contribution in [-0.4, -0.2) is 62.2 Å². The maximum absolute atomic E-state index is 12.6. The fourth-order valence-corrected chi connectivity index (χ4v) is 4.76. The molecule has 0 saturated carbocycles. The maximum atomic E-state index is 12.6. The van der Waals surface area contributed by atoms with Crippen molar-refractivity contribution in [2.45, 2.75) is 18.2 Å². The van der Waals surface area contributed by atoms with Crippen LogP contribution >= 0.6 is 23.1 Å². The molecule has 0 radical (unpaired) electrons. The van der Waals surface area contributed by atoms with E-state index in [0.717, 1.165) is 43.6 Å². The molecule has 3 aromatic rings. The Morgan fingerprint density at radius 3 is 2.71 bits per heavy atom. The highest BCUT2D eigenvalue weighted by Gasteiger charge is 2.21. The molecular weight excluding hydrogens is 390 g/mol. The molecule has 1 saturated heterocycles. The average molecular weight is 414 g/mol. The van der Waals surface area contributed by atoms with Gasteiger partial charge >= 0.3 is 0 Å². The number of hydrogen-bond acceptors (Lipinski definition) is 6. The molecule has 0 spiro atoms. The van der Waals surface area contributed by atoms with E-state index in [1.54, 1.807) is 23.7 Å². The molecule has 1 aliphatic heterocycles. The molecular formula is C20H23N5OS2. The van der Waals surface area contributed by atoms with E-state index in [1.165, 1.54) is 17.3 Å². The Hall–Kier alpha value is -2.16. The van der Waals surface area contributed by atoms with Gasteiger partial charge in [0.05, 0.1) is 18.0 Å². The molecule has 4 rings (SSSR count).